The molecule has 1 aliphatic heterocycles. The smallest absolute Gasteiger partial charge is 0.0410 e. The van der Waals surface area contributed by atoms with Gasteiger partial charge in [-0.05, 0) is 31.3 Å². The van der Waals surface area contributed by atoms with Crippen LogP contribution in [0.3, 0.4) is 0 Å². The van der Waals surface area contributed by atoms with Crippen molar-refractivity contribution in [3.05, 3.63) is 23.9 Å². The normalized spacial score (nSPS) is 28.9. The number of nitrogens with zero attached hydrogens (tertiary/aromatic N) is 1. The minimum atomic E-state index is -0.609. The number of hydrogen-bond donors (Lipinski definition) is 0. The molecule has 0 aromatic carbocycles. The molecule has 2 rings (SSSR count). The lowest BCUT2D eigenvalue weighted by Crippen LogP contribution is -2.29. The van der Waals surface area contributed by atoms with E-state index in [1.54, 1.807) is 0 Å². The van der Waals surface area contributed by atoms with E-state index in [1.165, 1.54) is 31.4 Å². The van der Waals surface area contributed by atoms with Crippen molar-refractivity contribution < 1.29 is 4.21 Å². The summed E-state index contributed by atoms with van der Waals surface area (Å²) < 4.78 is 11.9. The van der Waals surface area contributed by atoms with Gasteiger partial charge in [-0.2, -0.15) is 0 Å². The summed E-state index contributed by atoms with van der Waals surface area (Å²) in [6, 6.07) is 0. The fourth-order valence-electron chi connectivity index (χ4n) is 2.75. The van der Waals surface area contributed by atoms with Gasteiger partial charge in [-0.3, -0.25) is 4.21 Å². The van der Waals surface area contributed by atoms with E-state index >= 15 is 0 Å². The van der Waals surface area contributed by atoms with Gasteiger partial charge in [0.25, 0.3) is 0 Å². The molecule has 0 spiro atoms. The van der Waals surface area contributed by atoms with Crippen molar-refractivity contribution in [2.75, 3.05) is 24.6 Å². The Kier molecular flexibility index (Phi) is 5.48. The van der Waals surface area contributed by atoms with Crippen LogP contribution in [0, 0.1) is 5.92 Å². The van der Waals surface area contributed by atoms with E-state index in [-0.39, 0.29) is 0 Å². The van der Waals surface area contributed by atoms with E-state index in [1.807, 2.05) is 0 Å². The average molecular weight is 267 g/mol. The molecule has 2 unspecified atom stereocenters. The average Bonchev–Trinajstić information content (AvgIpc) is 2.59. The third-order valence-electron chi connectivity index (χ3n) is 3.80. The molecule has 1 aliphatic carbocycles. The molecular formula is C15H25NOS. The van der Waals surface area contributed by atoms with Crippen LogP contribution in [0.25, 0.3) is 0 Å². The Morgan fingerprint density at radius 1 is 1.44 bits per heavy atom. The number of unbranched alkanes of at least 4 members (excludes halogenated alkanes) is 1. The molecule has 0 N–H and O–H groups in total. The molecule has 102 valence electrons. The maximum atomic E-state index is 11.9. The molecule has 0 bridgehead atoms. The number of allylic oxidation sites excluding steroid dienone is 3. The van der Waals surface area contributed by atoms with E-state index < -0.39 is 10.8 Å². The first kappa shape index (κ1) is 13.9. The molecule has 0 saturated carbocycles. The van der Waals surface area contributed by atoms with Crippen molar-refractivity contribution in [1.29, 1.82) is 0 Å². The molecule has 0 radical (unpaired) electrons. The molecule has 0 aromatic heterocycles. The lowest BCUT2D eigenvalue weighted by Gasteiger charge is -2.28. The van der Waals surface area contributed by atoms with Crippen LogP contribution >= 0.6 is 0 Å². The molecular weight excluding hydrogens is 242 g/mol. The SMILES string of the molecule is CCCCC1CN(C2=CCCC=C2)CCS(=O)C1. The summed E-state index contributed by atoms with van der Waals surface area (Å²) in [7, 11) is -0.609. The molecule has 1 fully saturated rings. The standard InChI is InChI=1S/C15H25NOS/c1-2-3-7-14-12-16(10-11-18(17)13-14)15-8-5-4-6-9-15/h5,8-9,14H,2-4,6-7,10-13H2,1H3. The molecule has 0 aromatic rings. The van der Waals surface area contributed by atoms with Gasteiger partial charge in [-0.25, -0.2) is 0 Å². The minimum Gasteiger partial charge on any atom is -0.371 e. The second-order valence-corrected chi connectivity index (χ2v) is 6.99. The Morgan fingerprint density at radius 3 is 3.06 bits per heavy atom. The number of rotatable bonds is 4. The fraction of sp³-hybridized carbons (Fsp3) is 0.733. The monoisotopic (exact) mass is 267 g/mol. The second kappa shape index (κ2) is 7.13. The van der Waals surface area contributed by atoms with Crippen LogP contribution in [0.1, 0.15) is 39.0 Å². The molecule has 1 saturated heterocycles. The highest BCUT2D eigenvalue weighted by atomic mass is 32.2. The molecule has 2 atom stereocenters. The Labute approximate surface area is 114 Å². The van der Waals surface area contributed by atoms with Crippen molar-refractivity contribution in [1.82, 2.24) is 4.90 Å². The van der Waals surface area contributed by atoms with E-state index in [9.17, 15) is 4.21 Å². The van der Waals surface area contributed by atoms with Crippen LogP contribution in [0.2, 0.25) is 0 Å². The zero-order valence-corrected chi connectivity index (χ0v) is 12.3. The summed E-state index contributed by atoms with van der Waals surface area (Å²) in [5.41, 5.74) is 1.36. The van der Waals surface area contributed by atoms with Gasteiger partial charge in [0.05, 0.1) is 0 Å². The van der Waals surface area contributed by atoms with Crippen LogP contribution in [0.5, 0.6) is 0 Å². The first-order chi connectivity index (χ1) is 8.79. The van der Waals surface area contributed by atoms with Gasteiger partial charge in [-0.15, -0.1) is 0 Å². The third kappa shape index (κ3) is 3.98. The lowest BCUT2D eigenvalue weighted by atomic mass is 10.0. The molecule has 2 nitrogen and oxygen atoms in total. The quantitative estimate of drug-likeness (QED) is 0.780. The van der Waals surface area contributed by atoms with Crippen LogP contribution in [0.15, 0.2) is 23.9 Å². The van der Waals surface area contributed by atoms with E-state index in [0.717, 1.165) is 31.0 Å². The Bertz CT molecular complexity index is 348. The largest absolute Gasteiger partial charge is 0.371 e. The van der Waals surface area contributed by atoms with Crippen molar-refractivity contribution in [2.24, 2.45) is 5.92 Å². The summed E-state index contributed by atoms with van der Waals surface area (Å²) in [6.45, 7) is 4.30. The summed E-state index contributed by atoms with van der Waals surface area (Å²) in [6.07, 6.45) is 12.9. The van der Waals surface area contributed by atoms with Crippen LogP contribution < -0.4 is 0 Å². The summed E-state index contributed by atoms with van der Waals surface area (Å²) in [4.78, 5) is 2.46. The molecule has 1 heterocycles. The highest BCUT2D eigenvalue weighted by molar-refractivity contribution is 7.85. The lowest BCUT2D eigenvalue weighted by molar-refractivity contribution is 0.312. The molecule has 0 amide bonds. The van der Waals surface area contributed by atoms with Gasteiger partial charge >= 0.3 is 0 Å². The fourth-order valence-corrected chi connectivity index (χ4v) is 4.14. The molecule has 2 aliphatic rings. The highest BCUT2D eigenvalue weighted by Gasteiger charge is 2.22. The zero-order valence-electron chi connectivity index (χ0n) is 11.4. The summed E-state index contributed by atoms with van der Waals surface area (Å²) in [5.74, 6) is 2.37. The van der Waals surface area contributed by atoms with E-state index in [0.29, 0.717) is 5.92 Å². The summed E-state index contributed by atoms with van der Waals surface area (Å²) in [5, 5.41) is 0. The van der Waals surface area contributed by atoms with Crippen LogP contribution in [-0.4, -0.2) is 33.7 Å². The Balaban J connectivity index is 1.99. The first-order valence-electron chi connectivity index (χ1n) is 7.26. The minimum absolute atomic E-state index is 0.609. The van der Waals surface area contributed by atoms with Gasteiger partial charge < -0.3 is 4.90 Å². The van der Waals surface area contributed by atoms with Crippen molar-refractivity contribution in [3.8, 4) is 0 Å². The third-order valence-corrected chi connectivity index (χ3v) is 5.28. The predicted molar refractivity (Wildman–Crippen MR) is 78.9 cm³/mol. The maximum absolute atomic E-state index is 11.9. The van der Waals surface area contributed by atoms with E-state index in [4.69, 9.17) is 0 Å². The summed E-state index contributed by atoms with van der Waals surface area (Å²) >= 11 is 0. The van der Waals surface area contributed by atoms with Crippen LogP contribution in [0.4, 0.5) is 0 Å². The maximum Gasteiger partial charge on any atom is 0.0410 e. The predicted octanol–water partition coefficient (Wildman–Crippen LogP) is 3.09. The Hall–Kier alpha value is -0.570. The molecule has 3 heteroatoms. The van der Waals surface area contributed by atoms with Crippen molar-refractivity contribution >= 4 is 10.8 Å². The highest BCUT2D eigenvalue weighted by Crippen LogP contribution is 2.21. The van der Waals surface area contributed by atoms with Crippen molar-refractivity contribution in [2.45, 2.75) is 39.0 Å². The topological polar surface area (TPSA) is 20.3 Å². The Morgan fingerprint density at radius 2 is 2.33 bits per heavy atom. The van der Waals surface area contributed by atoms with Gasteiger partial charge in [0, 0.05) is 41.1 Å². The first-order valence-corrected chi connectivity index (χ1v) is 8.75. The van der Waals surface area contributed by atoms with Crippen molar-refractivity contribution in [3.63, 3.8) is 0 Å². The van der Waals surface area contributed by atoms with Crippen LogP contribution in [-0.2, 0) is 10.8 Å². The zero-order chi connectivity index (χ0) is 12.8. The van der Waals surface area contributed by atoms with Gasteiger partial charge in [-0.1, -0.05) is 31.9 Å². The molecule has 18 heavy (non-hydrogen) atoms. The van der Waals surface area contributed by atoms with Gasteiger partial charge in [0.1, 0.15) is 0 Å². The number of hydrogen-bond acceptors (Lipinski definition) is 2. The second-order valence-electron chi connectivity index (χ2n) is 5.37. The van der Waals surface area contributed by atoms with E-state index in [2.05, 4.69) is 30.1 Å². The van der Waals surface area contributed by atoms with Gasteiger partial charge in [0.2, 0.25) is 0 Å². The van der Waals surface area contributed by atoms with Gasteiger partial charge in [0.15, 0.2) is 0 Å².